The van der Waals surface area contributed by atoms with Gasteiger partial charge in [-0.1, -0.05) is 39.0 Å². The molecular formula is C29H33N3O3. The molecule has 1 atom stereocenters. The summed E-state index contributed by atoms with van der Waals surface area (Å²) >= 11 is 0. The summed E-state index contributed by atoms with van der Waals surface area (Å²) in [5, 5.41) is 5.87. The van der Waals surface area contributed by atoms with Crippen molar-refractivity contribution in [3.63, 3.8) is 0 Å². The Labute approximate surface area is 207 Å². The van der Waals surface area contributed by atoms with E-state index >= 15 is 0 Å². The van der Waals surface area contributed by atoms with Crippen molar-refractivity contribution in [2.24, 2.45) is 5.92 Å². The van der Waals surface area contributed by atoms with Crippen molar-refractivity contribution in [3.8, 4) is 11.5 Å². The summed E-state index contributed by atoms with van der Waals surface area (Å²) in [5.41, 5.74) is 5.20. The summed E-state index contributed by atoms with van der Waals surface area (Å²) in [4.78, 5) is 28.5. The Morgan fingerprint density at radius 3 is 2.60 bits per heavy atom. The van der Waals surface area contributed by atoms with Gasteiger partial charge >= 0.3 is 0 Å². The molecule has 0 radical (unpaired) electrons. The number of anilines is 1. The Bertz CT molecular complexity index is 1230. The van der Waals surface area contributed by atoms with E-state index in [9.17, 15) is 9.59 Å². The first-order chi connectivity index (χ1) is 16.7. The van der Waals surface area contributed by atoms with E-state index in [2.05, 4.69) is 54.6 Å². The van der Waals surface area contributed by atoms with Crippen LogP contribution in [0, 0.1) is 5.92 Å². The van der Waals surface area contributed by atoms with Gasteiger partial charge in [0.1, 0.15) is 11.5 Å². The van der Waals surface area contributed by atoms with E-state index in [-0.39, 0.29) is 23.1 Å². The van der Waals surface area contributed by atoms with Gasteiger partial charge in [0.2, 0.25) is 11.8 Å². The van der Waals surface area contributed by atoms with E-state index in [1.54, 1.807) is 12.3 Å². The predicted molar refractivity (Wildman–Crippen MR) is 138 cm³/mol. The van der Waals surface area contributed by atoms with Gasteiger partial charge in [0.15, 0.2) is 0 Å². The van der Waals surface area contributed by atoms with Crippen molar-refractivity contribution >= 4 is 17.5 Å². The highest BCUT2D eigenvalue weighted by atomic mass is 16.5. The van der Waals surface area contributed by atoms with Gasteiger partial charge in [-0.3, -0.25) is 14.6 Å². The van der Waals surface area contributed by atoms with Crippen molar-refractivity contribution in [3.05, 3.63) is 83.2 Å². The highest BCUT2D eigenvalue weighted by Gasteiger charge is 2.25. The third-order valence-electron chi connectivity index (χ3n) is 6.32. The largest absolute Gasteiger partial charge is 0.457 e. The zero-order valence-corrected chi connectivity index (χ0v) is 20.9. The number of hydrogen-bond acceptors (Lipinski definition) is 4. The van der Waals surface area contributed by atoms with Crippen LogP contribution >= 0.6 is 0 Å². The number of aromatic nitrogens is 1. The Balaban J connectivity index is 1.43. The van der Waals surface area contributed by atoms with E-state index in [1.807, 2.05) is 30.3 Å². The Hall–Kier alpha value is -3.67. The molecular weight excluding hydrogens is 438 g/mol. The maximum atomic E-state index is 13.1. The zero-order chi connectivity index (χ0) is 25.0. The van der Waals surface area contributed by atoms with E-state index in [1.165, 1.54) is 18.1 Å². The molecule has 1 aromatic heterocycles. The molecule has 35 heavy (non-hydrogen) atoms. The fourth-order valence-electron chi connectivity index (χ4n) is 4.30. The van der Waals surface area contributed by atoms with Crippen molar-refractivity contribution in [2.75, 3.05) is 5.32 Å². The molecule has 1 aliphatic rings. The number of fused-ring (bicyclic) bond motifs is 1. The van der Waals surface area contributed by atoms with Gasteiger partial charge in [0.05, 0.1) is 12.2 Å². The molecule has 4 rings (SSSR count). The molecule has 2 amide bonds. The van der Waals surface area contributed by atoms with Crippen LogP contribution in [0.25, 0.3) is 0 Å². The van der Waals surface area contributed by atoms with Crippen LogP contribution in [0.5, 0.6) is 11.5 Å². The monoisotopic (exact) mass is 471 g/mol. The first-order valence-corrected chi connectivity index (χ1v) is 12.1. The number of pyridine rings is 1. The Morgan fingerprint density at radius 1 is 1.03 bits per heavy atom. The number of carbonyl (C=O) groups is 2. The summed E-state index contributed by atoms with van der Waals surface area (Å²) in [5.74, 6) is 1.25. The Kier molecular flexibility index (Phi) is 7.20. The average molecular weight is 472 g/mol. The molecule has 1 heterocycles. The molecule has 0 aliphatic heterocycles. The molecule has 1 aliphatic carbocycles. The number of hydrogen-bond donors (Lipinski definition) is 2. The summed E-state index contributed by atoms with van der Waals surface area (Å²) in [7, 11) is 0. The van der Waals surface area contributed by atoms with Crippen molar-refractivity contribution in [1.82, 2.24) is 10.3 Å². The number of aryl methyl sites for hydroxylation is 1. The number of benzene rings is 2. The van der Waals surface area contributed by atoms with Gasteiger partial charge in [-0.25, -0.2) is 0 Å². The van der Waals surface area contributed by atoms with Gasteiger partial charge < -0.3 is 15.4 Å². The predicted octanol–water partition coefficient (Wildman–Crippen LogP) is 5.55. The van der Waals surface area contributed by atoms with Crippen molar-refractivity contribution in [2.45, 2.75) is 58.9 Å². The molecule has 0 spiro atoms. The molecule has 3 aromatic rings. The molecule has 182 valence electrons. The van der Waals surface area contributed by atoms with Crippen LogP contribution in [0.1, 0.15) is 56.5 Å². The van der Waals surface area contributed by atoms with Crippen LogP contribution in [0.3, 0.4) is 0 Å². The van der Waals surface area contributed by atoms with Gasteiger partial charge in [-0.2, -0.15) is 0 Å². The maximum absolute atomic E-state index is 13.1. The van der Waals surface area contributed by atoms with Crippen molar-refractivity contribution < 1.29 is 14.3 Å². The molecule has 2 N–H and O–H groups in total. The molecule has 0 saturated heterocycles. The van der Waals surface area contributed by atoms with E-state index in [0.717, 1.165) is 35.5 Å². The molecule has 0 fully saturated rings. The highest BCUT2D eigenvalue weighted by molar-refractivity contribution is 5.93. The van der Waals surface area contributed by atoms with Crippen molar-refractivity contribution in [1.29, 1.82) is 0 Å². The van der Waals surface area contributed by atoms with Gasteiger partial charge in [0.25, 0.3) is 0 Å². The minimum Gasteiger partial charge on any atom is -0.457 e. The first kappa shape index (κ1) is 24.5. The number of carbonyl (C=O) groups excluding carboxylic acids is 2. The average Bonchev–Trinajstić information content (AvgIpc) is 2.82. The maximum Gasteiger partial charge on any atom is 0.227 e. The third kappa shape index (κ3) is 6.47. The van der Waals surface area contributed by atoms with Crippen LogP contribution in [-0.2, 0) is 34.4 Å². The topological polar surface area (TPSA) is 80.3 Å². The summed E-state index contributed by atoms with van der Waals surface area (Å²) in [6, 6.07) is 17.8. The lowest BCUT2D eigenvalue weighted by Gasteiger charge is -2.25. The number of nitrogens with one attached hydrogen (secondary N) is 2. The van der Waals surface area contributed by atoms with Gasteiger partial charge in [-0.05, 0) is 71.7 Å². The second kappa shape index (κ2) is 10.3. The van der Waals surface area contributed by atoms with Gasteiger partial charge in [0, 0.05) is 30.8 Å². The minimum absolute atomic E-state index is 0.0282. The smallest absolute Gasteiger partial charge is 0.227 e. The number of rotatable bonds is 6. The lowest BCUT2D eigenvalue weighted by molar-refractivity contribution is -0.120. The SMILES string of the molecule is CC(=O)NCc1cc(Oc2ccc3c(c2)CC(C(=O)Nc2cccc(C(C)(C)C)c2)CC3)ccn1. The third-order valence-corrected chi connectivity index (χ3v) is 6.32. The summed E-state index contributed by atoms with van der Waals surface area (Å²) in [6.45, 7) is 8.33. The molecule has 1 unspecified atom stereocenters. The number of nitrogens with zero attached hydrogens (tertiary/aromatic N) is 1. The van der Waals surface area contributed by atoms with E-state index in [4.69, 9.17) is 4.74 Å². The molecule has 6 heteroatoms. The van der Waals surface area contributed by atoms with E-state index in [0.29, 0.717) is 18.7 Å². The Morgan fingerprint density at radius 2 is 1.83 bits per heavy atom. The molecule has 0 saturated carbocycles. The fourth-order valence-corrected chi connectivity index (χ4v) is 4.30. The van der Waals surface area contributed by atoms with Crippen LogP contribution in [0.4, 0.5) is 5.69 Å². The zero-order valence-electron chi connectivity index (χ0n) is 20.9. The van der Waals surface area contributed by atoms with Crippen LogP contribution in [0.2, 0.25) is 0 Å². The summed E-state index contributed by atoms with van der Waals surface area (Å²) < 4.78 is 6.08. The molecule has 2 aromatic carbocycles. The summed E-state index contributed by atoms with van der Waals surface area (Å²) in [6.07, 6.45) is 4.04. The lowest BCUT2D eigenvalue weighted by atomic mass is 9.83. The highest BCUT2D eigenvalue weighted by Crippen LogP contribution is 2.32. The van der Waals surface area contributed by atoms with Crippen LogP contribution in [0.15, 0.2) is 60.8 Å². The molecule has 0 bridgehead atoms. The lowest BCUT2D eigenvalue weighted by Crippen LogP contribution is -2.28. The fraction of sp³-hybridized carbons (Fsp3) is 0.345. The first-order valence-electron chi connectivity index (χ1n) is 12.1. The number of ether oxygens (including phenoxy) is 1. The second-order valence-corrected chi connectivity index (χ2v) is 10.2. The standard InChI is InChI=1S/C29H33N3O3/c1-19(33)31-18-25-17-27(12-13-30-25)35-26-11-10-20-8-9-21(14-22(20)15-26)28(34)32-24-7-5-6-23(16-24)29(2,3)4/h5-7,10-13,15-17,21H,8-9,14,18H2,1-4H3,(H,31,33)(H,32,34). The number of amides is 2. The van der Waals surface area contributed by atoms with Crippen LogP contribution < -0.4 is 15.4 Å². The van der Waals surface area contributed by atoms with Gasteiger partial charge in [-0.15, -0.1) is 0 Å². The second-order valence-electron chi connectivity index (χ2n) is 10.2. The normalized spacial score (nSPS) is 15.1. The molecule has 6 nitrogen and oxygen atoms in total. The van der Waals surface area contributed by atoms with E-state index < -0.39 is 0 Å². The quantitative estimate of drug-likeness (QED) is 0.494. The van der Waals surface area contributed by atoms with Crippen LogP contribution in [-0.4, -0.2) is 16.8 Å². The minimum atomic E-state index is -0.103.